The number of methoxy groups -OCH3 is 4. The zero-order chi connectivity index (χ0) is 16.8. The second kappa shape index (κ2) is 7.40. The van der Waals surface area contributed by atoms with Gasteiger partial charge in [-0.3, -0.25) is 0 Å². The Hall–Kier alpha value is -2.89. The van der Waals surface area contributed by atoms with Crippen molar-refractivity contribution in [1.29, 1.82) is 0 Å². The number of benzene rings is 2. The van der Waals surface area contributed by atoms with Crippen LogP contribution in [0.15, 0.2) is 36.4 Å². The summed E-state index contributed by atoms with van der Waals surface area (Å²) in [5.41, 5.74) is 1.12. The Morgan fingerprint density at radius 2 is 1.26 bits per heavy atom. The van der Waals surface area contributed by atoms with Crippen molar-refractivity contribution in [3.8, 4) is 23.0 Å². The molecule has 2 rings (SSSR count). The predicted molar refractivity (Wildman–Crippen MR) is 87.5 cm³/mol. The summed E-state index contributed by atoms with van der Waals surface area (Å²) in [7, 11) is 6.17. The topological polar surface area (TPSA) is 63.0 Å². The minimum absolute atomic E-state index is 0.428. The first kappa shape index (κ1) is 16.5. The lowest BCUT2D eigenvalue weighted by Gasteiger charge is -2.10. The minimum Gasteiger partial charge on any atom is -0.618 e. The zero-order valence-electron chi connectivity index (χ0n) is 13.5. The first-order valence-corrected chi connectivity index (χ1v) is 6.88. The maximum atomic E-state index is 12.3. The van der Waals surface area contributed by atoms with Gasteiger partial charge in [-0.1, -0.05) is 0 Å². The smallest absolute Gasteiger partial charge is 0.220 e. The first-order valence-electron chi connectivity index (χ1n) is 6.88. The van der Waals surface area contributed by atoms with Crippen molar-refractivity contribution in [1.82, 2.24) is 0 Å². The second-order valence-corrected chi connectivity index (χ2v) is 4.61. The van der Waals surface area contributed by atoms with Gasteiger partial charge in [0.25, 0.3) is 0 Å². The third-order valence-electron chi connectivity index (χ3n) is 3.30. The highest BCUT2D eigenvalue weighted by molar-refractivity contribution is 5.78. The zero-order valence-corrected chi connectivity index (χ0v) is 13.5. The van der Waals surface area contributed by atoms with Crippen LogP contribution in [-0.2, 0) is 0 Å². The molecule has 2 aromatic carbocycles. The summed E-state index contributed by atoms with van der Waals surface area (Å²) in [6.07, 6.45) is 1.45. The number of rotatable bonds is 6. The van der Waals surface area contributed by atoms with Gasteiger partial charge in [-0.25, -0.2) is 0 Å². The van der Waals surface area contributed by atoms with Gasteiger partial charge >= 0.3 is 0 Å². The highest BCUT2D eigenvalue weighted by Crippen LogP contribution is 2.31. The van der Waals surface area contributed by atoms with E-state index in [4.69, 9.17) is 18.9 Å². The maximum Gasteiger partial charge on any atom is 0.220 e. The lowest BCUT2D eigenvalue weighted by molar-refractivity contribution is -0.354. The van der Waals surface area contributed by atoms with E-state index in [1.807, 2.05) is 0 Å². The fraction of sp³-hybridized carbons (Fsp3) is 0.235. The van der Waals surface area contributed by atoms with Gasteiger partial charge in [0.1, 0.15) is 0 Å². The number of hydrogen-bond donors (Lipinski definition) is 0. The van der Waals surface area contributed by atoms with Gasteiger partial charge in [0.15, 0.2) is 29.2 Å². The van der Waals surface area contributed by atoms with Crippen LogP contribution >= 0.6 is 0 Å². The van der Waals surface area contributed by atoms with Crippen LogP contribution in [0.3, 0.4) is 0 Å². The molecule has 0 saturated carbocycles. The molecule has 0 aliphatic rings. The lowest BCUT2D eigenvalue weighted by Crippen LogP contribution is -2.01. The van der Waals surface area contributed by atoms with Gasteiger partial charge in [0, 0.05) is 11.6 Å². The molecule has 0 fully saturated rings. The van der Waals surface area contributed by atoms with Crippen LogP contribution < -0.4 is 18.9 Å². The van der Waals surface area contributed by atoms with E-state index in [1.54, 1.807) is 57.7 Å². The normalized spacial score (nSPS) is 11.0. The molecule has 2 aromatic rings. The maximum absolute atomic E-state index is 12.3. The minimum atomic E-state index is 0.428. The summed E-state index contributed by atoms with van der Waals surface area (Å²) in [6, 6.07) is 10.2. The third kappa shape index (κ3) is 3.66. The summed E-state index contributed by atoms with van der Waals surface area (Å²) in [5, 5.41) is 12.3. The first-order chi connectivity index (χ1) is 11.1. The quantitative estimate of drug-likeness (QED) is 0.355. The van der Waals surface area contributed by atoms with Crippen LogP contribution in [0.25, 0.3) is 0 Å². The summed E-state index contributed by atoms with van der Waals surface area (Å²) in [6.45, 7) is 0. The van der Waals surface area contributed by atoms with Crippen molar-refractivity contribution in [3.63, 3.8) is 0 Å². The van der Waals surface area contributed by atoms with Crippen molar-refractivity contribution in [3.05, 3.63) is 47.2 Å². The van der Waals surface area contributed by atoms with Crippen LogP contribution in [0.2, 0.25) is 0 Å². The Balaban J connectivity index is 2.36. The van der Waals surface area contributed by atoms with Crippen LogP contribution in [0, 0.1) is 5.21 Å². The van der Waals surface area contributed by atoms with Gasteiger partial charge in [0.2, 0.25) is 5.69 Å². The van der Waals surface area contributed by atoms with Gasteiger partial charge in [0.05, 0.1) is 34.5 Å². The molecule has 6 heteroatoms. The van der Waals surface area contributed by atoms with Gasteiger partial charge < -0.3 is 24.2 Å². The molecular weight excluding hydrogens is 298 g/mol. The fourth-order valence-corrected chi connectivity index (χ4v) is 2.11. The molecule has 0 aromatic heterocycles. The molecule has 0 aliphatic heterocycles. The Morgan fingerprint density at radius 1 is 0.739 bits per heavy atom. The van der Waals surface area contributed by atoms with Crippen LogP contribution in [0.4, 0.5) is 5.69 Å². The third-order valence-corrected chi connectivity index (χ3v) is 3.30. The summed E-state index contributed by atoms with van der Waals surface area (Å²) >= 11 is 0. The fourth-order valence-electron chi connectivity index (χ4n) is 2.11. The average Bonchev–Trinajstić information content (AvgIpc) is 2.60. The lowest BCUT2D eigenvalue weighted by atomic mass is 10.2. The van der Waals surface area contributed by atoms with E-state index in [1.165, 1.54) is 13.3 Å². The molecule has 6 nitrogen and oxygen atoms in total. The average molecular weight is 317 g/mol. The number of hydrogen-bond acceptors (Lipinski definition) is 5. The molecule has 0 spiro atoms. The Bertz CT molecular complexity index is 712. The highest BCUT2D eigenvalue weighted by Gasteiger charge is 2.10. The Labute approximate surface area is 135 Å². The summed E-state index contributed by atoms with van der Waals surface area (Å²) in [4.78, 5) is 0. The molecule has 0 N–H and O–H groups in total. The van der Waals surface area contributed by atoms with E-state index in [9.17, 15) is 5.21 Å². The van der Waals surface area contributed by atoms with Crippen LogP contribution in [0.5, 0.6) is 23.0 Å². The van der Waals surface area contributed by atoms with Crippen molar-refractivity contribution in [2.45, 2.75) is 0 Å². The van der Waals surface area contributed by atoms with E-state index < -0.39 is 0 Å². The van der Waals surface area contributed by atoms with Crippen molar-refractivity contribution < 1.29 is 23.7 Å². The molecule has 0 atom stereocenters. The highest BCUT2D eigenvalue weighted by atomic mass is 16.5. The Morgan fingerprint density at radius 3 is 1.83 bits per heavy atom. The molecule has 0 saturated heterocycles. The summed E-state index contributed by atoms with van der Waals surface area (Å²) in [5.74, 6) is 2.22. The largest absolute Gasteiger partial charge is 0.618 e. The van der Waals surface area contributed by atoms with Gasteiger partial charge in [-0.2, -0.15) is 4.74 Å². The molecule has 0 bridgehead atoms. The van der Waals surface area contributed by atoms with Crippen LogP contribution in [0.1, 0.15) is 5.56 Å². The van der Waals surface area contributed by atoms with Crippen molar-refractivity contribution in [2.75, 3.05) is 28.4 Å². The Kier molecular flexibility index (Phi) is 5.30. The number of nitrogens with zero attached hydrogens (tertiary/aromatic N) is 1. The molecular formula is C17H19NO5. The van der Waals surface area contributed by atoms with Crippen LogP contribution in [-0.4, -0.2) is 39.4 Å². The second-order valence-electron chi connectivity index (χ2n) is 4.61. The van der Waals surface area contributed by atoms with E-state index in [-0.39, 0.29) is 0 Å². The predicted octanol–water partition coefficient (Wildman–Crippen LogP) is 2.98. The molecule has 23 heavy (non-hydrogen) atoms. The van der Waals surface area contributed by atoms with Crippen molar-refractivity contribution >= 4 is 11.9 Å². The molecule has 0 unspecified atom stereocenters. The van der Waals surface area contributed by atoms with Gasteiger partial charge in [-0.15, -0.1) is 0 Å². The van der Waals surface area contributed by atoms with Crippen molar-refractivity contribution in [2.24, 2.45) is 0 Å². The van der Waals surface area contributed by atoms with E-state index >= 15 is 0 Å². The van der Waals surface area contributed by atoms with E-state index in [0.29, 0.717) is 34.2 Å². The monoisotopic (exact) mass is 317 g/mol. The van der Waals surface area contributed by atoms with E-state index in [0.717, 1.165) is 4.74 Å². The van der Waals surface area contributed by atoms with Gasteiger partial charge in [-0.05, 0) is 24.3 Å². The molecule has 122 valence electrons. The standard InChI is InChI=1S/C17H19NO5/c1-20-14-7-5-12(9-16(14)22-3)11-18(19)13-6-8-15(21-2)17(10-13)23-4/h5-11H,1-4H3/b18-11-. The molecule has 0 aliphatic carbocycles. The SMILES string of the molecule is COc1ccc(/C=[N+](\[O-])c2ccc(OC)c(OC)c2)cc1OC. The van der Waals surface area contributed by atoms with E-state index in [2.05, 4.69) is 0 Å². The molecule has 0 amide bonds. The summed E-state index contributed by atoms with van der Waals surface area (Å²) < 4.78 is 21.5. The molecule has 0 heterocycles. The number of ether oxygens (including phenoxy) is 4. The molecule has 0 radical (unpaired) electrons.